The van der Waals surface area contributed by atoms with Crippen molar-refractivity contribution >= 4 is 11.7 Å². The predicted molar refractivity (Wildman–Crippen MR) is 82.5 cm³/mol. The second-order valence-electron chi connectivity index (χ2n) is 6.92. The SMILES string of the molecule is Cc1ccc(N2CCC[C@@]3(CCN(C(=O)CC(F)(F)F)C3)C2)nn1. The molecule has 0 radical (unpaired) electrons. The summed E-state index contributed by atoms with van der Waals surface area (Å²) in [6.07, 6.45) is -3.19. The van der Waals surface area contributed by atoms with E-state index in [1.807, 2.05) is 19.1 Å². The van der Waals surface area contributed by atoms with E-state index in [1.54, 1.807) is 0 Å². The number of nitrogens with zero attached hydrogens (tertiary/aromatic N) is 4. The second-order valence-corrected chi connectivity index (χ2v) is 6.92. The van der Waals surface area contributed by atoms with E-state index < -0.39 is 18.5 Å². The van der Waals surface area contributed by atoms with Gasteiger partial charge in [-0.05, 0) is 38.3 Å². The molecule has 3 rings (SSSR count). The van der Waals surface area contributed by atoms with Crippen LogP contribution in [0.2, 0.25) is 0 Å². The average molecular weight is 342 g/mol. The fraction of sp³-hybridized carbons (Fsp3) is 0.688. The van der Waals surface area contributed by atoms with Gasteiger partial charge in [-0.1, -0.05) is 0 Å². The molecule has 2 aliphatic heterocycles. The van der Waals surface area contributed by atoms with E-state index in [0.29, 0.717) is 19.6 Å². The summed E-state index contributed by atoms with van der Waals surface area (Å²) in [4.78, 5) is 15.4. The van der Waals surface area contributed by atoms with E-state index >= 15 is 0 Å². The molecule has 1 aromatic heterocycles. The zero-order valence-corrected chi connectivity index (χ0v) is 13.6. The predicted octanol–water partition coefficient (Wildman–Crippen LogP) is 2.56. The number of halogens is 3. The number of likely N-dealkylation sites (tertiary alicyclic amines) is 1. The molecule has 2 saturated heterocycles. The lowest BCUT2D eigenvalue weighted by molar-refractivity contribution is -0.160. The third kappa shape index (κ3) is 3.79. The molecule has 3 heterocycles. The normalized spacial score (nSPS) is 24.7. The zero-order chi connectivity index (χ0) is 17.4. The molecular weight excluding hydrogens is 321 g/mol. The number of hydrogen-bond acceptors (Lipinski definition) is 4. The maximum absolute atomic E-state index is 12.4. The Balaban J connectivity index is 1.66. The number of piperidine rings is 1. The van der Waals surface area contributed by atoms with Crippen molar-refractivity contribution in [2.45, 2.75) is 38.8 Å². The summed E-state index contributed by atoms with van der Waals surface area (Å²) in [7, 11) is 0. The van der Waals surface area contributed by atoms with Gasteiger partial charge < -0.3 is 9.80 Å². The van der Waals surface area contributed by atoms with Gasteiger partial charge in [0.15, 0.2) is 5.82 Å². The zero-order valence-electron chi connectivity index (χ0n) is 13.6. The summed E-state index contributed by atoms with van der Waals surface area (Å²) in [5.41, 5.74) is 0.710. The molecule has 0 bridgehead atoms. The highest BCUT2D eigenvalue weighted by Gasteiger charge is 2.44. The van der Waals surface area contributed by atoms with Crippen LogP contribution in [0.1, 0.15) is 31.4 Å². The molecule has 2 fully saturated rings. The van der Waals surface area contributed by atoms with E-state index in [-0.39, 0.29) is 5.41 Å². The fourth-order valence-corrected chi connectivity index (χ4v) is 3.73. The number of alkyl halides is 3. The van der Waals surface area contributed by atoms with E-state index in [9.17, 15) is 18.0 Å². The number of hydrogen-bond donors (Lipinski definition) is 0. The highest BCUT2D eigenvalue weighted by Crippen LogP contribution is 2.40. The van der Waals surface area contributed by atoms with E-state index in [0.717, 1.165) is 37.3 Å². The lowest BCUT2D eigenvalue weighted by atomic mass is 9.79. The number of aryl methyl sites for hydroxylation is 1. The molecule has 5 nitrogen and oxygen atoms in total. The van der Waals surface area contributed by atoms with Gasteiger partial charge in [-0.3, -0.25) is 4.79 Å². The first kappa shape index (κ1) is 17.0. The van der Waals surface area contributed by atoms with Crippen molar-refractivity contribution in [3.63, 3.8) is 0 Å². The molecule has 1 spiro atoms. The van der Waals surface area contributed by atoms with E-state index in [2.05, 4.69) is 15.1 Å². The van der Waals surface area contributed by atoms with Crippen LogP contribution in [0.25, 0.3) is 0 Å². The van der Waals surface area contributed by atoms with Crippen molar-refractivity contribution in [3.05, 3.63) is 17.8 Å². The molecule has 2 aliphatic rings. The number of rotatable bonds is 2. The molecule has 132 valence electrons. The Morgan fingerprint density at radius 1 is 1.21 bits per heavy atom. The molecule has 0 unspecified atom stereocenters. The summed E-state index contributed by atoms with van der Waals surface area (Å²) in [5.74, 6) is -0.0219. The Hall–Kier alpha value is -1.86. The highest BCUT2D eigenvalue weighted by molar-refractivity contribution is 5.77. The second kappa shape index (κ2) is 6.22. The lowest BCUT2D eigenvalue weighted by Crippen LogP contribution is -2.46. The van der Waals surface area contributed by atoms with Crippen molar-refractivity contribution in [2.75, 3.05) is 31.1 Å². The highest BCUT2D eigenvalue weighted by atomic mass is 19.4. The van der Waals surface area contributed by atoms with Crippen LogP contribution in [0, 0.1) is 12.3 Å². The summed E-state index contributed by atoms with van der Waals surface area (Å²) in [6, 6.07) is 3.82. The Morgan fingerprint density at radius 2 is 2.00 bits per heavy atom. The third-order valence-electron chi connectivity index (χ3n) is 4.91. The van der Waals surface area contributed by atoms with Crippen LogP contribution in [-0.4, -0.2) is 53.4 Å². The van der Waals surface area contributed by atoms with Gasteiger partial charge in [0.2, 0.25) is 5.91 Å². The van der Waals surface area contributed by atoms with Crippen LogP contribution in [0.4, 0.5) is 19.0 Å². The quantitative estimate of drug-likeness (QED) is 0.829. The summed E-state index contributed by atoms with van der Waals surface area (Å²) < 4.78 is 37.3. The summed E-state index contributed by atoms with van der Waals surface area (Å²) in [6.45, 7) is 4.24. The van der Waals surface area contributed by atoms with E-state index in [4.69, 9.17) is 0 Å². The van der Waals surface area contributed by atoms with Crippen LogP contribution in [0.3, 0.4) is 0 Å². The number of carbonyl (C=O) groups is 1. The maximum atomic E-state index is 12.4. The van der Waals surface area contributed by atoms with Gasteiger partial charge in [0.05, 0.1) is 5.69 Å². The number of amides is 1. The molecule has 0 saturated carbocycles. The average Bonchev–Trinajstić information content (AvgIpc) is 2.90. The summed E-state index contributed by atoms with van der Waals surface area (Å²) >= 11 is 0. The Labute approximate surface area is 138 Å². The minimum absolute atomic E-state index is 0.133. The van der Waals surface area contributed by atoms with Gasteiger partial charge in [0.1, 0.15) is 6.42 Å². The largest absolute Gasteiger partial charge is 0.397 e. The van der Waals surface area contributed by atoms with Crippen LogP contribution >= 0.6 is 0 Å². The Morgan fingerprint density at radius 3 is 2.67 bits per heavy atom. The lowest BCUT2D eigenvalue weighted by Gasteiger charge is -2.40. The molecular formula is C16H21F3N4O. The fourth-order valence-electron chi connectivity index (χ4n) is 3.73. The van der Waals surface area contributed by atoms with Gasteiger partial charge in [-0.25, -0.2) is 0 Å². The molecule has 1 atom stereocenters. The Bertz CT molecular complexity index is 604. The topological polar surface area (TPSA) is 49.3 Å². The minimum Gasteiger partial charge on any atom is -0.355 e. The molecule has 24 heavy (non-hydrogen) atoms. The number of anilines is 1. The monoisotopic (exact) mass is 342 g/mol. The third-order valence-corrected chi connectivity index (χ3v) is 4.91. The first-order valence-corrected chi connectivity index (χ1v) is 8.16. The van der Waals surface area contributed by atoms with Crippen molar-refractivity contribution in [1.82, 2.24) is 15.1 Å². The van der Waals surface area contributed by atoms with Crippen molar-refractivity contribution < 1.29 is 18.0 Å². The number of carbonyl (C=O) groups excluding carboxylic acids is 1. The molecule has 0 aromatic carbocycles. The van der Waals surface area contributed by atoms with Crippen LogP contribution in [0.5, 0.6) is 0 Å². The van der Waals surface area contributed by atoms with Crippen LogP contribution < -0.4 is 4.90 Å². The molecule has 8 heteroatoms. The van der Waals surface area contributed by atoms with Crippen LogP contribution in [-0.2, 0) is 4.79 Å². The Kier molecular flexibility index (Phi) is 4.40. The molecule has 1 amide bonds. The minimum atomic E-state index is -4.44. The smallest absolute Gasteiger partial charge is 0.355 e. The standard InChI is InChI=1S/C16H21F3N4O/c1-12-3-4-13(21-20-12)22-7-2-5-15(10-22)6-8-23(11-15)14(24)9-16(17,18)19/h3-4H,2,5-11H2,1H3/t15-/m1/s1. The van der Waals surface area contributed by atoms with Crippen molar-refractivity contribution in [1.29, 1.82) is 0 Å². The number of aromatic nitrogens is 2. The van der Waals surface area contributed by atoms with E-state index in [1.165, 1.54) is 4.90 Å². The maximum Gasteiger partial charge on any atom is 0.397 e. The first-order valence-electron chi connectivity index (χ1n) is 8.16. The molecule has 0 N–H and O–H groups in total. The first-order chi connectivity index (χ1) is 11.3. The molecule has 0 aliphatic carbocycles. The van der Waals surface area contributed by atoms with Gasteiger partial charge in [-0.2, -0.15) is 18.3 Å². The summed E-state index contributed by atoms with van der Waals surface area (Å²) in [5, 5.41) is 8.28. The van der Waals surface area contributed by atoms with Gasteiger partial charge in [0.25, 0.3) is 0 Å². The van der Waals surface area contributed by atoms with Gasteiger partial charge >= 0.3 is 6.18 Å². The van der Waals surface area contributed by atoms with Gasteiger partial charge in [0, 0.05) is 31.6 Å². The van der Waals surface area contributed by atoms with Crippen LogP contribution in [0.15, 0.2) is 12.1 Å². The van der Waals surface area contributed by atoms with Crippen molar-refractivity contribution in [2.24, 2.45) is 5.41 Å². The molecule has 1 aromatic rings. The van der Waals surface area contributed by atoms with Crippen molar-refractivity contribution in [3.8, 4) is 0 Å². The van der Waals surface area contributed by atoms with Gasteiger partial charge in [-0.15, -0.1) is 5.10 Å².